The molecule has 1 fully saturated rings. The van der Waals surface area contributed by atoms with E-state index in [0.717, 1.165) is 24.8 Å². The van der Waals surface area contributed by atoms with E-state index in [2.05, 4.69) is 5.32 Å². The van der Waals surface area contributed by atoms with Crippen molar-refractivity contribution in [3.8, 4) is 11.5 Å². The average Bonchev–Trinajstić information content (AvgIpc) is 3.46. The van der Waals surface area contributed by atoms with E-state index in [1.165, 1.54) is 16.4 Å². The Labute approximate surface area is 253 Å². The number of benzene rings is 2. The number of carbonyl (C=O) groups is 1. The lowest BCUT2D eigenvalue weighted by Gasteiger charge is -2.35. The largest absolute Gasteiger partial charge is 0.454 e. The number of nitrogens with two attached hydrogens (primary N) is 1. The van der Waals surface area contributed by atoms with Crippen LogP contribution in [0.2, 0.25) is 0 Å². The number of hydrogen-bond acceptors (Lipinski definition) is 10. The molecule has 1 unspecified atom stereocenters. The number of sulfonamides is 1. The molecule has 12 nitrogen and oxygen atoms in total. The Kier molecular flexibility index (Phi) is 11.6. The zero-order chi connectivity index (χ0) is 30.9. The molecule has 0 radical (unpaired) electrons. The predicted octanol–water partition coefficient (Wildman–Crippen LogP) is 2.63. The van der Waals surface area contributed by atoms with Crippen LogP contribution in [0, 0.1) is 5.41 Å². The summed E-state index contributed by atoms with van der Waals surface area (Å²) >= 11 is 0. The van der Waals surface area contributed by atoms with Crippen molar-refractivity contribution in [2.45, 2.75) is 62.7 Å². The maximum absolute atomic E-state index is 14.1. The molecule has 4 rings (SSSR count). The Bertz CT molecular complexity index is 1290. The van der Waals surface area contributed by atoms with Gasteiger partial charge in [-0.3, -0.25) is 0 Å². The number of aliphatic hydroxyl groups excluding tert-OH is 1. The topological polar surface area (TPSA) is 159 Å². The van der Waals surface area contributed by atoms with Crippen molar-refractivity contribution in [3.63, 3.8) is 0 Å². The number of alkyl carbamates (subject to hydrolysis) is 1. The molecular weight excluding hydrogens is 578 g/mol. The third kappa shape index (κ3) is 9.52. The number of rotatable bonds is 15. The van der Waals surface area contributed by atoms with E-state index in [1.54, 1.807) is 6.07 Å². The smallest absolute Gasteiger partial charge is 0.407 e. The highest BCUT2D eigenvalue weighted by Crippen LogP contribution is 2.36. The molecule has 2 aliphatic heterocycles. The van der Waals surface area contributed by atoms with E-state index < -0.39 is 39.8 Å². The van der Waals surface area contributed by atoms with Gasteiger partial charge in [0.05, 0.1) is 30.3 Å². The van der Waals surface area contributed by atoms with Crippen molar-refractivity contribution in [1.29, 1.82) is 0 Å². The minimum absolute atomic E-state index is 0.0114. The van der Waals surface area contributed by atoms with Gasteiger partial charge in [-0.2, -0.15) is 4.31 Å². The molecule has 2 aliphatic rings. The van der Waals surface area contributed by atoms with Crippen molar-refractivity contribution < 1.29 is 42.0 Å². The molecule has 4 N–H and O–H groups in total. The molecule has 2 atom stereocenters. The number of fused-ring (bicyclic) bond motifs is 1. The van der Waals surface area contributed by atoms with Crippen LogP contribution in [0.1, 0.15) is 38.7 Å². The van der Waals surface area contributed by atoms with Crippen LogP contribution in [0.4, 0.5) is 4.79 Å². The Morgan fingerprint density at radius 1 is 1.09 bits per heavy atom. The molecule has 0 aliphatic carbocycles. The Morgan fingerprint density at radius 3 is 2.53 bits per heavy atom. The molecule has 2 aromatic rings. The quantitative estimate of drug-likeness (QED) is 0.252. The predicted molar refractivity (Wildman–Crippen MR) is 158 cm³/mol. The van der Waals surface area contributed by atoms with E-state index in [4.69, 9.17) is 29.4 Å². The van der Waals surface area contributed by atoms with Crippen LogP contribution in [0.15, 0.2) is 53.4 Å². The van der Waals surface area contributed by atoms with Gasteiger partial charge in [0.15, 0.2) is 17.6 Å². The monoisotopic (exact) mass is 621 g/mol. The number of amides is 1. The molecule has 1 amide bonds. The first kappa shape index (κ1) is 33.0. The van der Waals surface area contributed by atoms with Crippen molar-refractivity contribution in [2.75, 3.05) is 46.4 Å². The standard InChI is InChI=1S/C30H43N3O9S/c1-30(2,12-6-7-13-31)19-33(43(36,37)24-10-11-27-28(15-24)41-21-40-27)16-26(34)25(14-22-8-4-3-5-9-22)32-29(35)42-23-17-38-20-39-18-23/h3-5,8-11,15,23,25-26,34H,6-7,12-14,16-21,31H2,1-2H3,(H,32,35)/t25-,26?/m0/s1. The molecule has 0 aromatic heterocycles. The third-order valence-electron chi connectivity index (χ3n) is 7.40. The highest BCUT2D eigenvalue weighted by atomic mass is 32.2. The Morgan fingerprint density at radius 2 is 1.81 bits per heavy atom. The van der Waals surface area contributed by atoms with Crippen LogP contribution in [0.5, 0.6) is 11.5 Å². The fourth-order valence-corrected chi connectivity index (χ4v) is 6.76. The normalized spacial score (nSPS) is 17.0. The number of carbonyl (C=O) groups excluding carboxylic acids is 1. The van der Waals surface area contributed by atoms with Gasteiger partial charge >= 0.3 is 6.09 Å². The van der Waals surface area contributed by atoms with E-state index >= 15 is 0 Å². The second-order valence-electron chi connectivity index (χ2n) is 11.6. The van der Waals surface area contributed by atoms with Crippen LogP contribution < -0.4 is 20.5 Å². The van der Waals surface area contributed by atoms with Crippen molar-refractivity contribution in [1.82, 2.24) is 9.62 Å². The molecule has 0 saturated carbocycles. The SMILES string of the molecule is CC(C)(CCCCN)CN(CC(O)[C@H](Cc1ccccc1)NC(=O)OC1COCOC1)S(=O)(=O)c1ccc2c(c1)OCO2. The Balaban J connectivity index is 1.58. The third-order valence-corrected chi connectivity index (χ3v) is 9.21. The molecule has 0 spiro atoms. The first-order valence-electron chi connectivity index (χ1n) is 14.5. The van der Waals surface area contributed by atoms with Crippen LogP contribution in [-0.2, 0) is 30.7 Å². The van der Waals surface area contributed by atoms with Crippen LogP contribution >= 0.6 is 0 Å². The maximum Gasteiger partial charge on any atom is 0.407 e. The molecule has 13 heteroatoms. The lowest BCUT2D eigenvalue weighted by molar-refractivity contribution is -0.151. The summed E-state index contributed by atoms with van der Waals surface area (Å²) in [5.41, 5.74) is 6.11. The van der Waals surface area contributed by atoms with Gasteiger partial charge in [-0.1, -0.05) is 50.6 Å². The number of unbranched alkanes of at least 4 members (excludes halogenated alkanes) is 1. The van der Waals surface area contributed by atoms with E-state index in [-0.39, 0.29) is 51.2 Å². The van der Waals surface area contributed by atoms with E-state index in [9.17, 15) is 18.3 Å². The van der Waals surface area contributed by atoms with Crippen LogP contribution in [-0.4, -0.2) is 88.6 Å². The number of ether oxygens (including phenoxy) is 5. The molecule has 1 saturated heterocycles. The zero-order valence-corrected chi connectivity index (χ0v) is 25.6. The molecule has 0 bridgehead atoms. The van der Waals surface area contributed by atoms with E-state index in [1.807, 2.05) is 44.2 Å². The van der Waals surface area contributed by atoms with Gasteiger partial charge in [-0.15, -0.1) is 0 Å². The summed E-state index contributed by atoms with van der Waals surface area (Å²) in [4.78, 5) is 12.9. The number of nitrogens with zero attached hydrogens (tertiary/aromatic N) is 1. The molecule has 2 aromatic carbocycles. The summed E-state index contributed by atoms with van der Waals surface area (Å²) in [5, 5.41) is 14.3. The van der Waals surface area contributed by atoms with E-state index in [0.29, 0.717) is 18.0 Å². The maximum atomic E-state index is 14.1. The second-order valence-corrected chi connectivity index (χ2v) is 13.6. The van der Waals surface area contributed by atoms with Gasteiger partial charge in [0.2, 0.25) is 16.8 Å². The second kappa shape index (κ2) is 15.2. The minimum atomic E-state index is -4.10. The minimum Gasteiger partial charge on any atom is -0.454 e. The summed E-state index contributed by atoms with van der Waals surface area (Å²) in [6.07, 6.45) is -0.00264. The van der Waals surface area contributed by atoms with Crippen LogP contribution in [0.25, 0.3) is 0 Å². The number of aliphatic hydroxyl groups is 1. The lowest BCUT2D eigenvalue weighted by Crippen LogP contribution is -2.52. The van der Waals surface area contributed by atoms with Gasteiger partial charge in [-0.25, -0.2) is 13.2 Å². The van der Waals surface area contributed by atoms with Gasteiger partial charge < -0.3 is 39.8 Å². The van der Waals surface area contributed by atoms with Gasteiger partial charge in [0.25, 0.3) is 0 Å². The van der Waals surface area contributed by atoms with Crippen molar-refractivity contribution in [3.05, 3.63) is 54.1 Å². The summed E-state index contributed by atoms with van der Waals surface area (Å²) in [6, 6.07) is 12.9. The summed E-state index contributed by atoms with van der Waals surface area (Å²) in [6.45, 7) is 4.92. The molecule has 238 valence electrons. The summed E-state index contributed by atoms with van der Waals surface area (Å²) < 4.78 is 56.1. The Hall–Kier alpha value is -2.94. The van der Waals surface area contributed by atoms with Crippen molar-refractivity contribution in [2.24, 2.45) is 11.1 Å². The molecule has 2 heterocycles. The number of nitrogens with one attached hydrogen (secondary N) is 1. The van der Waals surface area contributed by atoms with Gasteiger partial charge in [-0.05, 0) is 48.9 Å². The zero-order valence-electron chi connectivity index (χ0n) is 24.8. The summed E-state index contributed by atoms with van der Waals surface area (Å²) in [5.74, 6) is 0.804. The highest BCUT2D eigenvalue weighted by Gasteiger charge is 2.36. The first-order chi connectivity index (χ1) is 20.6. The fraction of sp³-hybridized carbons (Fsp3) is 0.567. The van der Waals surface area contributed by atoms with Gasteiger partial charge in [0.1, 0.15) is 6.79 Å². The summed E-state index contributed by atoms with van der Waals surface area (Å²) in [7, 11) is -4.10. The van der Waals surface area contributed by atoms with Gasteiger partial charge in [0, 0.05) is 19.2 Å². The highest BCUT2D eigenvalue weighted by molar-refractivity contribution is 7.89. The average molecular weight is 622 g/mol. The lowest BCUT2D eigenvalue weighted by atomic mass is 9.87. The van der Waals surface area contributed by atoms with Crippen molar-refractivity contribution >= 4 is 16.1 Å². The number of hydrogen-bond donors (Lipinski definition) is 3. The first-order valence-corrected chi connectivity index (χ1v) is 16.0. The molecule has 43 heavy (non-hydrogen) atoms. The van der Waals surface area contributed by atoms with Crippen LogP contribution in [0.3, 0.4) is 0 Å². The fourth-order valence-electron chi connectivity index (χ4n) is 5.10. The molecular formula is C30H43N3O9S.